The largest absolute Gasteiger partial charge is 0.507 e. The van der Waals surface area contributed by atoms with Gasteiger partial charge in [0, 0.05) is 18.0 Å². The van der Waals surface area contributed by atoms with Crippen LogP contribution in [-0.2, 0) is 11.3 Å². The van der Waals surface area contributed by atoms with Crippen LogP contribution in [0.2, 0.25) is 0 Å². The first-order valence-electron chi connectivity index (χ1n) is 7.19. The zero-order chi connectivity index (χ0) is 15.9. The first kappa shape index (κ1) is 14.6. The number of carbonyl (C=O) groups is 1. The molecule has 0 aliphatic carbocycles. The Balaban J connectivity index is 2.08. The van der Waals surface area contributed by atoms with Crippen LogP contribution in [0.1, 0.15) is 24.0 Å². The number of aryl methyl sites for hydroxylation is 1. The SMILES string of the molecule is Cc1cc(=O)oc2c(CN3CCC[C@@H]3C(=O)O)c(O)ccc12. The number of phenols is 1. The predicted molar refractivity (Wildman–Crippen MR) is 80.0 cm³/mol. The van der Waals surface area contributed by atoms with Crippen molar-refractivity contribution in [3.05, 3.63) is 39.7 Å². The van der Waals surface area contributed by atoms with Crippen molar-refractivity contribution in [3.63, 3.8) is 0 Å². The highest BCUT2D eigenvalue weighted by Crippen LogP contribution is 2.31. The molecular formula is C16H17NO5. The fraction of sp³-hybridized carbons (Fsp3) is 0.375. The number of aromatic hydroxyl groups is 1. The monoisotopic (exact) mass is 303 g/mol. The molecule has 0 amide bonds. The van der Waals surface area contributed by atoms with Gasteiger partial charge in [-0.3, -0.25) is 9.69 Å². The molecule has 6 heteroatoms. The van der Waals surface area contributed by atoms with E-state index in [0.717, 1.165) is 17.4 Å². The molecule has 116 valence electrons. The van der Waals surface area contributed by atoms with Crippen molar-refractivity contribution in [1.82, 2.24) is 4.90 Å². The molecule has 1 atom stereocenters. The number of hydrogen-bond donors (Lipinski definition) is 2. The van der Waals surface area contributed by atoms with Crippen LogP contribution in [0.5, 0.6) is 5.75 Å². The third-order valence-electron chi connectivity index (χ3n) is 4.21. The van der Waals surface area contributed by atoms with Crippen molar-refractivity contribution < 1.29 is 19.4 Å². The van der Waals surface area contributed by atoms with Gasteiger partial charge in [0.1, 0.15) is 17.4 Å². The second-order valence-corrected chi connectivity index (χ2v) is 5.66. The maximum atomic E-state index is 11.6. The third kappa shape index (κ3) is 2.46. The molecule has 0 spiro atoms. The van der Waals surface area contributed by atoms with Crippen LogP contribution < -0.4 is 5.63 Å². The minimum atomic E-state index is -0.866. The number of carboxylic acids is 1. The van der Waals surface area contributed by atoms with Gasteiger partial charge in [-0.2, -0.15) is 0 Å². The Bertz CT molecular complexity index is 795. The summed E-state index contributed by atoms with van der Waals surface area (Å²) in [6.07, 6.45) is 1.38. The second kappa shape index (κ2) is 5.46. The maximum Gasteiger partial charge on any atom is 0.336 e. The highest BCUT2D eigenvalue weighted by Gasteiger charge is 2.31. The molecule has 1 saturated heterocycles. The second-order valence-electron chi connectivity index (χ2n) is 5.66. The Morgan fingerprint density at radius 3 is 2.95 bits per heavy atom. The number of phenolic OH excluding ortho intramolecular Hbond substituents is 1. The first-order valence-corrected chi connectivity index (χ1v) is 7.19. The van der Waals surface area contributed by atoms with E-state index in [0.29, 0.717) is 24.1 Å². The van der Waals surface area contributed by atoms with E-state index in [9.17, 15) is 19.8 Å². The Labute approximate surface area is 126 Å². The molecule has 0 unspecified atom stereocenters. The minimum absolute atomic E-state index is 0.0114. The Morgan fingerprint density at radius 2 is 2.23 bits per heavy atom. The Kier molecular flexibility index (Phi) is 3.62. The molecule has 1 aromatic carbocycles. The van der Waals surface area contributed by atoms with Gasteiger partial charge in [-0.1, -0.05) is 0 Å². The fourth-order valence-electron chi connectivity index (χ4n) is 3.08. The average Bonchev–Trinajstić information content (AvgIpc) is 2.90. The zero-order valence-electron chi connectivity index (χ0n) is 12.2. The number of fused-ring (bicyclic) bond motifs is 1. The van der Waals surface area contributed by atoms with Gasteiger partial charge in [-0.15, -0.1) is 0 Å². The summed E-state index contributed by atoms with van der Waals surface area (Å²) in [5.41, 5.74) is 1.09. The molecule has 1 aromatic heterocycles. The van der Waals surface area contributed by atoms with E-state index in [-0.39, 0.29) is 12.3 Å². The summed E-state index contributed by atoms with van der Waals surface area (Å²) in [6.45, 7) is 2.69. The van der Waals surface area contributed by atoms with E-state index in [4.69, 9.17) is 4.42 Å². The number of rotatable bonds is 3. The molecule has 1 aliphatic heterocycles. The van der Waals surface area contributed by atoms with Crippen LogP contribution in [0.4, 0.5) is 0 Å². The smallest absolute Gasteiger partial charge is 0.336 e. The molecule has 3 rings (SSSR count). The molecular weight excluding hydrogens is 286 g/mol. The molecule has 0 saturated carbocycles. The van der Waals surface area contributed by atoms with Crippen LogP contribution >= 0.6 is 0 Å². The van der Waals surface area contributed by atoms with Gasteiger partial charge in [0.2, 0.25) is 0 Å². The Morgan fingerprint density at radius 1 is 1.45 bits per heavy atom. The highest BCUT2D eigenvalue weighted by molar-refractivity contribution is 5.85. The van der Waals surface area contributed by atoms with Crippen LogP contribution in [0.3, 0.4) is 0 Å². The lowest BCUT2D eigenvalue weighted by Crippen LogP contribution is -2.35. The molecule has 1 fully saturated rings. The molecule has 0 bridgehead atoms. The third-order valence-corrected chi connectivity index (χ3v) is 4.21. The van der Waals surface area contributed by atoms with Crippen molar-refractivity contribution >= 4 is 16.9 Å². The van der Waals surface area contributed by atoms with Gasteiger partial charge < -0.3 is 14.6 Å². The van der Waals surface area contributed by atoms with Gasteiger partial charge in [-0.25, -0.2) is 4.79 Å². The normalized spacial score (nSPS) is 18.9. The molecule has 22 heavy (non-hydrogen) atoms. The Hall–Kier alpha value is -2.34. The summed E-state index contributed by atoms with van der Waals surface area (Å²) < 4.78 is 5.27. The van der Waals surface area contributed by atoms with E-state index < -0.39 is 17.6 Å². The topological polar surface area (TPSA) is 91.0 Å². The zero-order valence-corrected chi connectivity index (χ0v) is 12.2. The van der Waals surface area contributed by atoms with Crippen molar-refractivity contribution in [1.29, 1.82) is 0 Å². The van der Waals surface area contributed by atoms with Crippen LogP contribution in [0, 0.1) is 6.92 Å². The van der Waals surface area contributed by atoms with Gasteiger partial charge in [-0.05, 0) is 44.0 Å². The summed E-state index contributed by atoms with van der Waals surface area (Å²) in [5, 5.41) is 20.1. The molecule has 2 heterocycles. The van der Waals surface area contributed by atoms with E-state index in [1.165, 1.54) is 6.07 Å². The van der Waals surface area contributed by atoms with E-state index in [1.807, 2.05) is 0 Å². The van der Waals surface area contributed by atoms with E-state index in [1.54, 1.807) is 24.0 Å². The number of benzene rings is 1. The predicted octanol–water partition coefficient (Wildman–Crippen LogP) is 1.86. The van der Waals surface area contributed by atoms with Crippen molar-refractivity contribution in [2.45, 2.75) is 32.4 Å². The number of likely N-dealkylation sites (tertiary alicyclic amines) is 1. The van der Waals surface area contributed by atoms with Gasteiger partial charge in [0.15, 0.2) is 0 Å². The first-order chi connectivity index (χ1) is 10.5. The van der Waals surface area contributed by atoms with Crippen LogP contribution in [0.15, 0.2) is 27.4 Å². The number of aliphatic carboxylic acids is 1. The molecule has 2 N–H and O–H groups in total. The summed E-state index contributed by atoms with van der Waals surface area (Å²) in [7, 11) is 0. The van der Waals surface area contributed by atoms with Crippen LogP contribution in [0.25, 0.3) is 11.0 Å². The summed E-state index contributed by atoms with van der Waals surface area (Å²) in [6, 6.07) is 4.09. The van der Waals surface area contributed by atoms with Crippen molar-refractivity contribution in [3.8, 4) is 5.75 Å². The van der Waals surface area contributed by atoms with Crippen molar-refractivity contribution in [2.24, 2.45) is 0 Å². The average molecular weight is 303 g/mol. The fourth-order valence-corrected chi connectivity index (χ4v) is 3.08. The molecule has 0 radical (unpaired) electrons. The quantitative estimate of drug-likeness (QED) is 0.841. The maximum absolute atomic E-state index is 11.6. The van der Waals surface area contributed by atoms with E-state index in [2.05, 4.69) is 0 Å². The molecule has 1 aliphatic rings. The summed E-state index contributed by atoms with van der Waals surface area (Å²) in [4.78, 5) is 24.7. The standard InChI is InChI=1S/C16H17NO5/c1-9-7-14(19)22-15-10(9)4-5-13(18)11(15)8-17-6-2-3-12(17)16(20)21/h4-5,7,12,18H,2-3,6,8H2,1H3,(H,20,21)/t12-/m1/s1. The van der Waals surface area contributed by atoms with E-state index >= 15 is 0 Å². The van der Waals surface area contributed by atoms with Crippen LogP contribution in [-0.4, -0.2) is 33.7 Å². The highest BCUT2D eigenvalue weighted by atomic mass is 16.4. The lowest BCUT2D eigenvalue weighted by Gasteiger charge is -2.22. The lowest BCUT2D eigenvalue weighted by atomic mass is 10.1. The van der Waals surface area contributed by atoms with Gasteiger partial charge in [0.25, 0.3) is 0 Å². The summed E-state index contributed by atoms with van der Waals surface area (Å²) in [5.74, 6) is -0.854. The lowest BCUT2D eigenvalue weighted by molar-refractivity contribution is -0.142. The summed E-state index contributed by atoms with van der Waals surface area (Å²) >= 11 is 0. The minimum Gasteiger partial charge on any atom is -0.507 e. The van der Waals surface area contributed by atoms with Crippen molar-refractivity contribution in [2.75, 3.05) is 6.54 Å². The van der Waals surface area contributed by atoms with Gasteiger partial charge in [0.05, 0.1) is 5.56 Å². The molecule has 6 nitrogen and oxygen atoms in total. The number of hydrogen-bond acceptors (Lipinski definition) is 5. The molecule has 2 aromatic rings. The number of carboxylic acid groups (broad SMARTS) is 1. The number of nitrogens with zero attached hydrogens (tertiary/aromatic N) is 1. The van der Waals surface area contributed by atoms with Gasteiger partial charge >= 0.3 is 11.6 Å².